The smallest absolute Gasteiger partial charge is 0.253 e. The van der Waals surface area contributed by atoms with Gasteiger partial charge in [-0.15, -0.1) is 9.24 Å². The summed E-state index contributed by atoms with van der Waals surface area (Å²) < 4.78 is 0. The molecule has 1 N–H and O–H groups in total. The van der Waals surface area contributed by atoms with Crippen LogP contribution in [0.5, 0.6) is 0 Å². The van der Waals surface area contributed by atoms with Crippen LogP contribution in [0, 0.1) is 13.8 Å². The van der Waals surface area contributed by atoms with Crippen molar-refractivity contribution >= 4 is 20.5 Å². The summed E-state index contributed by atoms with van der Waals surface area (Å²) in [6, 6.07) is 0. The van der Waals surface area contributed by atoms with Crippen molar-refractivity contribution in [1.82, 2.24) is 10.3 Å². The molecule has 0 spiro atoms. The van der Waals surface area contributed by atoms with Gasteiger partial charge >= 0.3 is 0 Å². The predicted molar refractivity (Wildman–Crippen MR) is 54.2 cm³/mol. The Labute approximate surface area is 79.1 Å². The molecule has 13 heavy (non-hydrogen) atoms. The summed E-state index contributed by atoms with van der Waals surface area (Å²) >= 11 is 0. The van der Waals surface area contributed by atoms with Crippen LogP contribution in [0.25, 0.3) is 0 Å². The fourth-order valence-electron chi connectivity index (χ4n) is 1.68. The largest absolute Gasteiger partial charge is 0.348 e. The fourth-order valence-corrected chi connectivity index (χ4v) is 1.99. The van der Waals surface area contributed by atoms with Gasteiger partial charge in [-0.2, -0.15) is 0 Å². The van der Waals surface area contributed by atoms with Gasteiger partial charge in [0.05, 0.1) is 11.3 Å². The van der Waals surface area contributed by atoms with E-state index in [2.05, 4.69) is 19.5 Å². The minimum absolute atomic E-state index is 0.00343. The van der Waals surface area contributed by atoms with E-state index in [4.69, 9.17) is 0 Å². The highest BCUT2D eigenvalue weighted by molar-refractivity contribution is 7.27. The van der Waals surface area contributed by atoms with Gasteiger partial charge in [-0.05, 0) is 24.7 Å². The molecule has 2 heterocycles. The highest BCUT2D eigenvalue weighted by Crippen LogP contribution is 2.19. The molecule has 1 aromatic rings. The van der Waals surface area contributed by atoms with E-state index in [1.165, 1.54) is 0 Å². The molecule has 68 valence electrons. The number of fused-ring (bicyclic) bond motifs is 1. The number of nitrogens with zero attached hydrogens (tertiary/aromatic N) is 1. The van der Waals surface area contributed by atoms with Crippen LogP contribution in [0.3, 0.4) is 0 Å². The standard InChI is InChI=1S/C9H11N2OP/c1-4-7-6(3-10-9(7)12)8(13)5(2)11-4/h3,13H2,1-2H3,(H,10,12). The van der Waals surface area contributed by atoms with Crippen LogP contribution in [0.15, 0.2) is 0 Å². The lowest BCUT2D eigenvalue weighted by Crippen LogP contribution is -2.13. The molecule has 1 aliphatic heterocycles. The summed E-state index contributed by atoms with van der Waals surface area (Å²) in [4.78, 5) is 15.7. The number of aromatic nitrogens is 1. The summed E-state index contributed by atoms with van der Waals surface area (Å²) in [6.45, 7) is 4.47. The van der Waals surface area contributed by atoms with Gasteiger partial charge in [0.25, 0.3) is 5.91 Å². The molecule has 1 unspecified atom stereocenters. The van der Waals surface area contributed by atoms with Gasteiger partial charge in [0.15, 0.2) is 0 Å². The monoisotopic (exact) mass is 194 g/mol. The number of rotatable bonds is 0. The van der Waals surface area contributed by atoms with Crippen molar-refractivity contribution < 1.29 is 4.79 Å². The van der Waals surface area contributed by atoms with E-state index in [9.17, 15) is 4.79 Å². The van der Waals surface area contributed by atoms with E-state index in [-0.39, 0.29) is 5.91 Å². The van der Waals surface area contributed by atoms with Crippen molar-refractivity contribution in [3.05, 3.63) is 22.5 Å². The van der Waals surface area contributed by atoms with Crippen molar-refractivity contribution in [2.75, 3.05) is 0 Å². The van der Waals surface area contributed by atoms with Crippen LogP contribution >= 0.6 is 9.24 Å². The topological polar surface area (TPSA) is 42.0 Å². The molecule has 0 fully saturated rings. The number of nitrogens with one attached hydrogen (secondary N) is 1. The number of carbonyl (C=O) groups is 1. The number of hydrogen-bond acceptors (Lipinski definition) is 2. The van der Waals surface area contributed by atoms with Gasteiger partial charge in [-0.3, -0.25) is 9.78 Å². The molecule has 4 heteroatoms. The van der Waals surface area contributed by atoms with Crippen LogP contribution in [-0.2, 0) is 6.54 Å². The quantitative estimate of drug-likeness (QED) is 0.609. The molecular formula is C9H11N2OP. The minimum Gasteiger partial charge on any atom is -0.348 e. The number of amides is 1. The van der Waals surface area contributed by atoms with E-state index in [1.54, 1.807) is 0 Å². The van der Waals surface area contributed by atoms with Crippen molar-refractivity contribution in [2.24, 2.45) is 0 Å². The molecule has 1 atom stereocenters. The normalized spacial score (nSPS) is 14.2. The third-order valence-corrected chi connectivity index (χ3v) is 3.13. The summed E-state index contributed by atoms with van der Waals surface area (Å²) in [5.41, 5.74) is 3.65. The Morgan fingerprint density at radius 1 is 1.38 bits per heavy atom. The Bertz CT molecular complexity index is 401. The lowest BCUT2D eigenvalue weighted by atomic mass is 10.1. The van der Waals surface area contributed by atoms with Crippen molar-refractivity contribution in [2.45, 2.75) is 20.4 Å². The average molecular weight is 194 g/mol. The minimum atomic E-state index is 0.00343. The van der Waals surface area contributed by atoms with Crippen molar-refractivity contribution in [1.29, 1.82) is 0 Å². The molecule has 0 radical (unpaired) electrons. The first-order valence-electron chi connectivity index (χ1n) is 4.15. The zero-order valence-corrected chi connectivity index (χ0v) is 8.79. The van der Waals surface area contributed by atoms with Gasteiger partial charge in [0.1, 0.15) is 0 Å². The zero-order valence-electron chi connectivity index (χ0n) is 7.64. The van der Waals surface area contributed by atoms with E-state index in [1.807, 2.05) is 13.8 Å². The van der Waals surface area contributed by atoms with Gasteiger partial charge < -0.3 is 5.32 Å². The SMILES string of the molecule is Cc1nc(C)c2c(c1P)CNC2=O. The van der Waals surface area contributed by atoms with Crippen molar-refractivity contribution in [3.8, 4) is 0 Å². The van der Waals surface area contributed by atoms with Crippen molar-refractivity contribution in [3.63, 3.8) is 0 Å². The fraction of sp³-hybridized carbons (Fsp3) is 0.333. The Balaban J connectivity index is 2.76. The number of aryl methyl sites for hydroxylation is 2. The number of carbonyl (C=O) groups excluding carboxylic acids is 1. The summed E-state index contributed by atoms with van der Waals surface area (Å²) in [7, 11) is 2.65. The molecule has 0 bridgehead atoms. The molecule has 0 saturated carbocycles. The first-order chi connectivity index (χ1) is 6.11. The lowest BCUT2D eigenvalue weighted by molar-refractivity contribution is 0.0965. The van der Waals surface area contributed by atoms with Gasteiger partial charge in [0, 0.05) is 12.2 Å². The van der Waals surface area contributed by atoms with Gasteiger partial charge in [-0.25, -0.2) is 0 Å². The highest BCUT2D eigenvalue weighted by Gasteiger charge is 2.24. The number of hydrogen-bond donors (Lipinski definition) is 1. The van der Waals surface area contributed by atoms with Crippen LogP contribution in [0.1, 0.15) is 27.3 Å². The van der Waals surface area contributed by atoms with E-state index >= 15 is 0 Å². The van der Waals surface area contributed by atoms with E-state index in [0.29, 0.717) is 6.54 Å². The predicted octanol–water partition coefficient (Wildman–Crippen LogP) is 0.442. The summed E-state index contributed by atoms with van der Waals surface area (Å²) in [6.07, 6.45) is 0. The van der Waals surface area contributed by atoms with Crippen LogP contribution < -0.4 is 10.6 Å². The third kappa shape index (κ3) is 1.15. The molecule has 0 aliphatic carbocycles. The van der Waals surface area contributed by atoms with Crippen LogP contribution in [0.4, 0.5) is 0 Å². The first-order valence-corrected chi connectivity index (χ1v) is 4.72. The second-order valence-corrected chi connectivity index (χ2v) is 3.81. The van der Waals surface area contributed by atoms with E-state index in [0.717, 1.165) is 27.8 Å². The van der Waals surface area contributed by atoms with Crippen LogP contribution in [-0.4, -0.2) is 10.9 Å². The zero-order chi connectivity index (χ0) is 9.59. The maximum absolute atomic E-state index is 11.4. The lowest BCUT2D eigenvalue weighted by Gasteiger charge is -2.06. The second-order valence-electron chi connectivity index (χ2n) is 3.23. The highest BCUT2D eigenvalue weighted by atomic mass is 31.0. The first kappa shape index (κ1) is 8.64. The Hall–Kier alpha value is -0.950. The molecule has 1 aromatic heterocycles. The molecule has 0 saturated heterocycles. The van der Waals surface area contributed by atoms with Gasteiger partial charge in [0.2, 0.25) is 0 Å². The molecule has 2 rings (SSSR count). The molecular weight excluding hydrogens is 183 g/mol. The maximum Gasteiger partial charge on any atom is 0.253 e. The Kier molecular flexibility index (Phi) is 1.85. The Morgan fingerprint density at radius 2 is 2.08 bits per heavy atom. The van der Waals surface area contributed by atoms with E-state index < -0.39 is 0 Å². The third-order valence-electron chi connectivity index (χ3n) is 2.37. The maximum atomic E-state index is 11.4. The Morgan fingerprint density at radius 3 is 2.77 bits per heavy atom. The summed E-state index contributed by atoms with van der Waals surface area (Å²) in [5, 5.41) is 3.86. The molecule has 0 aromatic carbocycles. The average Bonchev–Trinajstić information content (AvgIpc) is 2.44. The second kappa shape index (κ2) is 2.78. The van der Waals surface area contributed by atoms with Gasteiger partial charge in [-0.1, -0.05) is 0 Å². The van der Waals surface area contributed by atoms with Crippen LogP contribution in [0.2, 0.25) is 0 Å². The molecule has 1 aliphatic rings. The molecule has 3 nitrogen and oxygen atoms in total. The number of pyridine rings is 1. The summed E-state index contributed by atoms with van der Waals surface area (Å²) in [5.74, 6) is 0.00343. The molecule has 1 amide bonds.